The molecule has 0 heterocycles. The maximum atomic E-state index is 12.1. The van der Waals surface area contributed by atoms with Crippen molar-refractivity contribution in [1.29, 1.82) is 0 Å². The summed E-state index contributed by atoms with van der Waals surface area (Å²) in [5, 5.41) is 15.0. The van der Waals surface area contributed by atoms with E-state index in [0.29, 0.717) is 17.8 Å². The van der Waals surface area contributed by atoms with Gasteiger partial charge in [0.25, 0.3) is 0 Å². The Balaban J connectivity index is 2.82. The highest BCUT2D eigenvalue weighted by Crippen LogP contribution is 2.28. The van der Waals surface area contributed by atoms with Crippen molar-refractivity contribution in [3.05, 3.63) is 29.8 Å². The zero-order valence-electron chi connectivity index (χ0n) is 12.9. The van der Waals surface area contributed by atoms with Crippen molar-refractivity contribution < 1.29 is 10.0 Å². The molecule has 0 aliphatic heterocycles. The second kappa shape index (κ2) is 6.55. The van der Waals surface area contributed by atoms with E-state index in [9.17, 15) is 4.79 Å². The summed E-state index contributed by atoms with van der Waals surface area (Å²) in [6.45, 7) is 10.2. The fraction of sp³-hybridized carbons (Fsp3) is 0.500. The fourth-order valence-corrected chi connectivity index (χ4v) is 1.75. The van der Waals surface area contributed by atoms with Gasteiger partial charge in [-0.15, -0.1) is 0 Å². The van der Waals surface area contributed by atoms with Crippen LogP contribution in [0.4, 0.5) is 5.69 Å². The molecule has 4 heteroatoms. The van der Waals surface area contributed by atoms with Crippen LogP contribution in [0.1, 0.15) is 46.6 Å². The zero-order valence-corrected chi connectivity index (χ0v) is 12.9. The van der Waals surface area contributed by atoms with E-state index < -0.39 is 0 Å². The van der Waals surface area contributed by atoms with E-state index in [1.165, 1.54) is 0 Å². The molecule has 110 valence electrons. The number of nitrogens with one attached hydrogen (secondary N) is 1. The van der Waals surface area contributed by atoms with Crippen LogP contribution in [-0.2, 0) is 4.79 Å². The van der Waals surface area contributed by atoms with Gasteiger partial charge in [0.2, 0.25) is 5.91 Å². The van der Waals surface area contributed by atoms with E-state index in [0.717, 1.165) is 5.56 Å². The Labute approximate surface area is 120 Å². The predicted octanol–water partition coefficient (Wildman–Crippen LogP) is 3.90. The molecule has 2 N–H and O–H groups in total. The third-order valence-electron chi connectivity index (χ3n) is 3.71. The van der Waals surface area contributed by atoms with Gasteiger partial charge < -0.3 is 10.5 Å². The van der Waals surface area contributed by atoms with Gasteiger partial charge in [-0.1, -0.05) is 51.0 Å². The van der Waals surface area contributed by atoms with Crippen LogP contribution in [-0.4, -0.2) is 16.8 Å². The van der Waals surface area contributed by atoms with Crippen LogP contribution in [0.5, 0.6) is 0 Å². The van der Waals surface area contributed by atoms with Crippen molar-refractivity contribution in [3.8, 4) is 0 Å². The molecule has 0 saturated carbocycles. The molecule has 0 radical (unpaired) electrons. The molecular weight excluding hydrogens is 252 g/mol. The van der Waals surface area contributed by atoms with Crippen molar-refractivity contribution in [1.82, 2.24) is 0 Å². The summed E-state index contributed by atoms with van der Waals surface area (Å²) >= 11 is 0. The number of hydrogen-bond acceptors (Lipinski definition) is 3. The van der Waals surface area contributed by atoms with E-state index in [4.69, 9.17) is 5.21 Å². The molecule has 0 aromatic heterocycles. The van der Waals surface area contributed by atoms with E-state index in [1.54, 1.807) is 6.92 Å². The molecule has 0 aliphatic carbocycles. The Bertz CT molecular complexity index is 501. The van der Waals surface area contributed by atoms with Crippen molar-refractivity contribution in [3.63, 3.8) is 0 Å². The number of para-hydroxylation sites is 1. The highest BCUT2D eigenvalue weighted by atomic mass is 16.4. The molecular formula is C16H24N2O2. The highest BCUT2D eigenvalue weighted by Gasteiger charge is 2.22. The molecule has 1 aromatic rings. The Morgan fingerprint density at radius 3 is 2.50 bits per heavy atom. The van der Waals surface area contributed by atoms with Gasteiger partial charge in [0.1, 0.15) is 0 Å². The normalized spacial score (nSPS) is 13.9. The molecule has 1 rings (SSSR count). The van der Waals surface area contributed by atoms with Crippen molar-refractivity contribution in [2.75, 3.05) is 5.32 Å². The number of amides is 1. The largest absolute Gasteiger partial charge is 0.411 e. The van der Waals surface area contributed by atoms with Gasteiger partial charge in [-0.25, -0.2) is 0 Å². The molecule has 0 bridgehead atoms. The number of carbonyl (C=O) groups is 1. The Morgan fingerprint density at radius 1 is 1.35 bits per heavy atom. The molecule has 1 atom stereocenters. The molecule has 1 amide bonds. The minimum Gasteiger partial charge on any atom is -0.411 e. The van der Waals surface area contributed by atoms with Crippen LogP contribution >= 0.6 is 0 Å². The summed E-state index contributed by atoms with van der Waals surface area (Å²) < 4.78 is 0. The average molecular weight is 276 g/mol. The van der Waals surface area contributed by atoms with Crippen LogP contribution < -0.4 is 5.32 Å². The summed E-state index contributed by atoms with van der Waals surface area (Å²) in [6.07, 6.45) is 0.465. The third kappa shape index (κ3) is 4.37. The van der Waals surface area contributed by atoms with Gasteiger partial charge in [0, 0.05) is 17.7 Å². The number of nitrogens with zero attached hydrogens (tertiary/aromatic N) is 1. The van der Waals surface area contributed by atoms with E-state index >= 15 is 0 Å². The van der Waals surface area contributed by atoms with Crippen molar-refractivity contribution in [2.24, 2.45) is 16.5 Å². The molecule has 4 nitrogen and oxygen atoms in total. The summed E-state index contributed by atoms with van der Waals surface area (Å²) in [5.74, 6) is 0.257. The summed E-state index contributed by atoms with van der Waals surface area (Å²) in [5.41, 5.74) is 1.98. The number of anilines is 1. The van der Waals surface area contributed by atoms with Gasteiger partial charge in [0.05, 0.1) is 5.71 Å². The van der Waals surface area contributed by atoms with Gasteiger partial charge >= 0.3 is 0 Å². The molecule has 1 aromatic carbocycles. The number of carbonyl (C=O) groups excluding carboxylic acids is 1. The number of hydrogen-bond donors (Lipinski definition) is 2. The average Bonchev–Trinajstić information content (AvgIpc) is 2.37. The standard InChI is InChI=1S/C16H24N2O2/c1-11(16(3,4)5)10-15(19)17-14-9-7-6-8-13(14)12(2)18-20/h6-9,11,20H,10H2,1-5H3,(H,17,19). The smallest absolute Gasteiger partial charge is 0.224 e. The van der Waals surface area contributed by atoms with Crippen LogP contribution in [0.15, 0.2) is 29.4 Å². The molecule has 0 saturated heterocycles. The van der Waals surface area contributed by atoms with Crippen LogP contribution in [0.25, 0.3) is 0 Å². The topological polar surface area (TPSA) is 61.7 Å². The molecule has 20 heavy (non-hydrogen) atoms. The van der Waals surface area contributed by atoms with E-state index in [2.05, 4.69) is 38.2 Å². The van der Waals surface area contributed by atoms with E-state index in [1.807, 2.05) is 24.3 Å². The van der Waals surface area contributed by atoms with Gasteiger partial charge in [-0.3, -0.25) is 4.79 Å². The van der Waals surface area contributed by atoms with Gasteiger partial charge in [0.15, 0.2) is 0 Å². The summed E-state index contributed by atoms with van der Waals surface area (Å²) in [7, 11) is 0. The Kier molecular flexibility index (Phi) is 5.31. The minimum atomic E-state index is -0.0226. The predicted molar refractivity (Wildman–Crippen MR) is 82.3 cm³/mol. The van der Waals surface area contributed by atoms with Gasteiger partial charge in [-0.05, 0) is 24.3 Å². The lowest BCUT2D eigenvalue weighted by molar-refractivity contribution is -0.117. The quantitative estimate of drug-likeness (QED) is 0.498. The first-order valence-electron chi connectivity index (χ1n) is 6.83. The summed E-state index contributed by atoms with van der Waals surface area (Å²) in [6, 6.07) is 7.32. The Morgan fingerprint density at radius 2 is 1.95 bits per heavy atom. The lowest BCUT2D eigenvalue weighted by Crippen LogP contribution is -2.24. The maximum Gasteiger partial charge on any atom is 0.224 e. The molecule has 0 spiro atoms. The molecule has 1 unspecified atom stereocenters. The SMILES string of the molecule is CC(=NO)c1ccccc1NC(=O)CC(C)C(C)(C)C. The third-order valence-corrected chi connectivity index (χ3v) is 3.71. The van der Waals surface area contributed by atoms with Gasteiger partial charge in [-0.2, -0.15) is 0 Å². The first-order valence-corrected chi connectivity index (χ1v) is 6.83. The Hall–Kier alpha value is -1.84. The number of rotatable bonds is 4. The zero-order chi connectivity index (χ0) is 15.3. The first kappa shape index (κ1) is 16.2. The second-order valence-electron chi connectivity index (χ2n) is 6.25. The monoisotopic (exact) mass is 276 g/mol. The first-order chi connectivity index (χ1) is 9.25. The van der Waals surface area contributed by atoms with Crippen molar-refractivity contribution in [2.45, 2.75) is 41.0 Å². The van der Waals surface area contributed by atoms with E-state index in [-0.39, 0.29) is 17.2 Å². The number of benzene rings is 1. The minimum absolute atomic E-state index is 0.0226. The summed E-state index contributed by atoms with van der Waals surface area (Å²) in [4.78, 5) is 12.1. The van der Waals surface area contributed by atoms with Crippen LogP contribution in [0.2, 0.25) is 0 Å². The van der Waals surface area contributed by atoms with Crippen LogP contribution in [0.3, 0.4) is 0 Å². The highest BCUT2D eigenvalue weighted by molar-refractivity contribution is 6.06. The maximum absolute atomic E-state index is 12.1. The number of oxime groups is 1. The van der Waals surface area contributed by atoms with Crippen LogP contribution in [0, 0.1) is 11.3 Å². The molecule has 0 fully saturated rings. The second-order valence-corrected chi connectivity index (χ2v) is 6.25. The molecule has 0 aliphatic rings. The lowest BCUT2D eigenvalue weighted by Gasteiger charge is -2.26. The fourth-order valence-electron chi connectivity index (χ4n) is 1.75. The van der Waals surface area contributed by atoms with Crippen molar-refractivity contribution >= 4 is 17.3 Å². The lowest BCUT2D eigenvalue weighted by atomic mass is 9.80.